The van der Waals surface area contributed by atoms with Crippen LogP contribution < -0.4 is 19.8 Å². The first-order valence-corrected chi connectivity index (χ1v) is 12.3. The van der Waals surface area contributed by atoms with Crippen LogP contribution in [0, 0.1) is 6.92 Å². The van der Waals surface area contributed by atoms with Crippen LogP contribution in [0.25, 0.3) is 0 Å². The lowest BCUT2D eigenvalue weighted by Crippen LogP contribution is -2.39. The number of hydrogen-bond donors (Lipinski definition) is 2. The van der Waals surface area contributed by atoms with Gasteiger partial charge in [-0.15, -0.1) is 0 Å². The van der Waals surface area contributed by atoms with Crippen molar-refractivity contribution in [3.63, 3.8) is 0 Å². The Balaban J connectivity index is 1.94. The predicted molar refractivity (Wildman–Crippen MR) is 129 cm³/mol. The molecule has 0 heterocycles. The van der Waals surface area contributed by atoms with Crippen LogP contribution in [0.4, 0.5) is 5.69 Å². The third-order valence-corrected chi connectivity index (χ3v) is 5.58. The molecule has 11 heteroatoms. The molecule has 0 aliphatic heterocycles. The van der Waals surface area contributed by atoms with E-state index in [-0.39, 0.29) is 18.6 Å². The van der Waals surface area contributed by atoms with E-state index in [9.17, 15) is 18.0 Å². The summed E-state index contributed by atoms with van der Waals surface area (Å²) in [5.74, 6) is -0.311. The number of benzene rings is 2. The highest BCUT2D eigenvalue weighted by atomic mass is 35.5. The number of sulfonamides is 1. The van der Waals surface area contributed by atoms with Gasteiger partial charge in [0.15, 0.2) is 6.61 Å². The number of ether oxygens (including phenoxy) is 1. The maximum Gasteiger partial charge on any atom is 0.260 e. The van der Waals surface area contributed by atoms with E-state index < -0.39 is 22.5 Å². The van der Waals surface area contributed by atoms with E-state index in [1.807, 2.05) is 13.8 Å². The van der Waals surface area contributed by atoms with Crippen LogP contribution in [-0.2, 0) is 19.6 Å². The zero-order chi connectivity index (χ0) is 24.6. The minimum absolute atomic E-state index is 0.0367. The summed E-state index contributed by atoms with van der Waals surface area (Å²) in [7, 11) is -3.71. The summed E-state index contributed by atoms with van der Waals surface area (Å²) >= 11 is 5.94. The first kappa shape index (κ1) is 26.1. The van der Waals surface area contributed by atoms with Gasteiger partial charge >= 0.3 is 0 Å². The van der Waals surface area contributed by atoms with Crippen LogP contribution in [0.15, 0.2) is 47.6 Å². The molecule has 0 bridgehead atoms. The van der Waals surface area contributed by atoms with E-state index >= 15 is 0 Å². The van der Waals surface area contributed by atoms with E-state index in [4.69, 9.17) is 16.3 Å². The van der Waals surface area contributed by atoms with Crippen molar-refractivity contribution in [2.45, 2.75) is 26.8 Å². The lowest BCUT2D eigenvalue weighted by atomic mass is 10.2. The molecule has 2 N–H and O–H groups in total. The Kier molecular flexibility index (Phi) is 9.24. The second-order valence-corrected chi connectivity index (χ2v) is 9.92. The highest BCUT2D eigenvalue weighted by Gasteiger charge is 2.22. The molecule has 33 heavy (non-hydrogen) atoms. The standard InChI is InChI=1S/C22H27ClN4O5S/c1-15(2)25-22(29)14-32-19-8-5-17(6-9-19)12-24-26-21(28)13-27(33(4,30)31)20-10-7-18(23)11-16(20)3/h5-12,15H,13-14H2,1-4H3,(H,25,29)(H,26,28)/b24-12-. The van der Waals surface area contributed by atoms with Gasteiger partial charge in [-0.3, -0.25) is 13.9 Å². The first-order chi connectivity index (χ1) is 15.5. The molecule has 0 saturated heterocycles. The number of nitrogens with one attached hydrogen (secondary N) is 2. The molecule has 0 fully saturated rings. The molecule has 2 aromatic rings. The van der Waals surface area contributed by atoms with Crippen LogP contribution in [0.3, 0.4) is 0 Å². The van der Waals surface area contributed by atoms with Crippen LogP contribution in [-0.4, -0.2) is 51.9 Å². The third kappa shape index (κ3) is 8.74. The Hall–Kier alpha value is -3.11. The summed E-state index contributed by atoms with van der Waals surface area (Å²) in [5.41, 5.74) is 3.97. The van der Waals surface area contributed by atoms with Gasteiger partial charge < -0.3 is 10.1 Å². The number of nitrogens with zero attached hydrogens (tertiary/aromatic N) is 2. The Labute approximate surface area is 198 Å². The average Bonchev–Trinajstić information content (AvgIpc) is 2.71. The van der Waals surface area contributed by atoms with Gasteiger partial charge in [0.1, 0.15) is 12.3 Å². The van der Waals surface area contributed by atoms with Crippen molar-refractivity contribution in [2.24, 2.45) is 5.10 Å². The summed E-state index contributed by atoms with van der Waals surface area (Å²) in [6.07, 6.45) is 2.43. The predicted octanol–water partition coefficient (Wildman–Crippen LogP) is 2.47. The summed E-state index contributed by atoms with van der Waals surface area (Å²) < 4.78 is 30.8. The molecule has 2 rings (SSSR count). The van der Waals surface area contributed by atoms with Crippen molar-refractivity contribution in [3.8, 4) is 5.75 Å². The van der Waals surface area contributed by atoms with Crippen LogP contribution in [0.1, 0.15) is 25.0 Å². The minimum atomic E-state index is -3.71. The van der Waals surface area contributed by atoms with Gasteiger partial charge in [0.05, 0.1) is 18.2 Å². The Morgan fingerprint density at radius 1 is 1.15 bits per heavy atom. The van der Waals surface area contributed by atoms with Crippen molar-refractivity contribution in [1.29, 1.82) is 0 Å². The van der Waals surface area contributed by atoms with Gasteiger partial charge in [-0.1, -0.05) is 11.6 Å². The van der Waals surface area contributed by atoms with Gasteiger partial charge in [-0.2, -0.15) is 5.10 Å². The molecule has 0 unspecified atom stereocenters. The van der Waals surface area contributed by atoms with Crippen molar-refractivity contribution < 1.29 is 22.7 Å². The minimum Gasteiger partial charge on any atom is -0.484 e. The summed E-state index contributed by atoms with van der Waals surface area (Å²) in [6, 6.07) is 11.5. The van der Waals surface area contributed by atoms with Crippen molar-refractivity contribution in [1.82, 2.24) is 10.7 Å². The smallest absolute Gasteiger partial charge is 0.260 e. The first-order valence-electron chi connectivity index (χ1n) is 10.0. The number of aryl methyl sites for hydroxylation is 1. The van der Waals surface area contributed by atoms with Crippen molar-refractivity contribution >= 4 is 45.3 Å². The van der Waals surface area contributed by atoms with Crippen LogP contribution in [0.5, 0.6) is 5.75 Å². The maximum atomic E-state index is 12.3. The number of hydrazone groups is 1. The van der Waals surface area contributed by atoms with E-state index in [2.05, 4.69) is 15.8 Å². The van der Waals surface area contributed by atoms with E-state index in [1.54, 1.807) is 49.4 Å². The molecule has 9 nitrogen and oxygen atoms in total. The van der Waals surface area contributed by atoms with Gasteiger partial charge in [0.25, 0.3) is 11.8 Å². The second-order valence-electron chi connectivity index (χ2n) is 7.57. The number of hydrogen-bond acceptors (Lipinski definition) is 6. The molecule has 0 saturated carbocycles. The highest BCUT2D eigenvalue weighted by Crippen LogP contribution is 2.25. The number of amides is 2. The number of anilines is 1. The van der Waals surface area contributed by atoms with Crippen LogP contribution in [0.2, 0.25) is 5.02 Å². The number of halogens is 1. The lowest BCUT2D eigenvalue weighted by Gasteiger charge is -2.23. The third-order valence-electron chi connectivity index (χ3n) is 4.22. The van der Waals surface area contributed by atoms with Crippen molar-refractivity contribution in [3.05, 3.63) is 58.6 Å². The van der Waals surface area contributed by atoms with E-state index in [0.717, 1.165) is 10.6 Å². The van der Waals surface area contributed by atoms with Crippen LogP contribution >= 0.6 is 11.6 Å². The molecule has 178 valence electrons. The van der Waals surface area contributed by atoms with Gasteiger partial charge in [0, 0.05) is 11.1 Å². The molecule has 0 aliphatic carbocycles. The van der Waals surface area contributed by atoms with Gasteiger partial charge in [-0.05, 0) is 74.4 Å². The Bertz CT molecular complexity index is 1120. The van der Waals surface area contributed by atoms with Crippen molar-refractivity contribution in [2.75, 3.05) is 23.7 Å². The zero-order valence-corrected chi connectivity index (χ0v) is 20.4. The number of carbonyl (C=O) groups excluding carboxylic acids is 2. The summed E-state index contributed by atoms with van der Waals surface area (Å²) in [4.78, 5) is 23.9. The number of carbonyl (C=O) groups is 2. The largest absolute Gasteiger partial charge is 0.484 e. The molecule has 0 atom stereocenters. The maximum absolute atomic E-state index is 12.3. The topological polar surface area (TPSA) is 117 Å². The molecular formula is C22H27ClN4O5S. The normalized spacial score (nSPS) is 11.5. The molecule has 0 aliphatic rings. The summed E-state index contributed by atoms with van der Waals surface area (Å²) in [6.45, 7) is 4.90. The number of rotatable bonds is 10. The van der Waals surface area contributed by atoms with Gasteiger partial charge in [-0.25, -0.2) is 13.8 Å². The fourth-order valence-corrected chi connectivity index (χ4v) is 3.93. The molecule has 2 amide bonds. The molecular weight excluding hydrogens is 468 g/mol. The highest BCUT2D eigenvalue weighted by molar-refractivity contribution is 7.92. The molecule has 0 spiro atoms. The molecule has 2 aromatic carbocycles. The zero-order valence-electron chi connectivity index (χ0n) is 18.8. The Morgan fingerprint density at radius 2 is 1.82 bits per heavy atom. The molecule has 0 radical (unpaired) electrons. The van der Waals surface area contributed by atoms with E-state index in [0.29, 0.717) is 27.6 Å². The van der Waals surface area contributed by atoms with Gasteiger partial charge in [0.2, 0.25) is 10.0 Å². The fraction of sp³-hybridized carbons (Fsp3) is 0.318. The van der Waals surface area contributed by atoms with E-state index in [1.165, 1.54) is 6.21 Å². The quantitative estimate of drug-likeness (QED) is 0.388. The SMILES string of the molecule is Cc1cc(Cl)ccc1N(CC(=O)N/N=C\c1ccc(OCC(=O)NC(C)C)cc1)S(C)(=O)=O. The molecule has 0 aromatic heterocycles. The lowest BCUT2D eigenvalue weighted by molar-refractivity contribution is -0.123. The summed E-state index contributed by atoms with van der Waals surface area (Å²) in [5, 5.41) is 7.07. The average molecular weight is 495 g/mol. The second kappa shape index (κ2) is 11.7. The monoisotopic (exact) mass is 494 g/mol. The Morgan fingerprint density at radius 3 is 2.39 bits per heavy atom. The fourth-order valence-electron chi connectivity index (χ4n) is 2.79.